The molecule has 0 N–H and O–H groups in total. The van der Waals surface area contributed by atoms with Gasteiger partial charge >= 0.3 is 6.09 Å². The van der Waals surface area contributed by atoms with E-state index in [-0.39, 0.29) is 11.7 Å². The second kappa shape index (κ2) is 5.70. The van der Waals surface area contributed by atoms with Gasteiger partial charge in [-0.25, -0.2) is 9.78 Å². The van der Waals surface area contributed by atoms with Crippen LogP contribution in [0.5, 0.6) is 0 Å². The number of amides is 1. The predicted octanol–water partition coefficient (Wildman–Crippen LogP) is 3.10. The molecule has 1 heterocycles. The summed E-state index contributed by atoms with van der Waals surface area (Å²) >= 11 is 0. The van der Waals surface area contributed by atoms with Gasteiger partial charge in [0.15, 0.2) is 0 Å². The summed E-state index contributed by atoms with van der Waals surface area (Å²) in [4.78, 5) is 17.7. The minimum atomic E-state index is -0.572. The Bertz CT molecular complexity index is 498. The zero-order chi connectivity index (χ0) is 14.6. The smallest absolute Gasteiger partial charge is 0.416 e. The number of hydrogen-bond acceptors (Lipinski definition) is 4. The second-order valence-corrected chi connectivity index (χ2v) is 5.44. The number of nitrogens with zero attached hydrogens (tertiary/aromatic N) is 3. The Morgan fingerprint density at radius 2 is 2.05 bits per heavy atom. The number of hydrogen-bond donors (Lipinski definition) is 0. The van der Waals surface area contributed by atoms with Crippen LogP contribution in [-0.2, 0) is 4.74 Å². The van der Waals surface area contributed by atoms with Crippen molar-refractivity contribution in [2.45, 2.75) is 46.3 Å². The average Bonchev–Trinajstić information content (AvgIpc) is 2.26. The fourth-order valence-corrected chi connectivity index (χ4v) is 1.50. The maximum atomic E-state index is 12.2. The first kappa shape index (κ1) is 15.0. The van der Waals surface area contributed by atoms with E-state index in [4.69, 9.17) is 10.00 Å². The summed E-state index contributed by atoms with van der Waals surface area (Å²) in [6.45, 7) is 9.16. The molecule has 1 amide bonds. The lowest BCUT2D eigenvalue weighted by molar-refractivity contribution is 0.0569. The van der Waals surface area contributed by atoms with Crippen molar-refractivity contribution < 1.29 is 9.53 Å². The molecule has 0 atom stereocenters. The highest BCUT2D eigenvalue weighted by Gasteiger charge is 2.26. The summed E-state index contributed by atoms with van der Waals surface area (Å²) in [5.41, 5.74) is -0.302. The van der Waals surface area contributed by atoms with Crippen LogP contribution in [0.4, 0.5) is 10.6 Å². The summed E-state index contributed by atoms with van der Waals surface area (Å²) in [6, 6.07) is 6.82. The van der Waals surface area contributed by atoms with Crippen LogP contribution in [0.25, 0.3) is 0 Å². The minimum absolute atomic E-state index is 0.115. The SMILES string of the molecule is CC(C)N(C(=O)OC(C)(C)C)c1cccc(C#N)n1. The highest BCUT2D eigenvalue weighted by atomic mass is 16.6. The van der Waals surface area contributed by atoms with Crippen molar-refractivity contribution in [3.8, 4) is 6.07 Å². The van der Waals surface area contributed by atoms with E-state index in [0.29, 0.717) is 5.82 Å². The monoisotopic (exact) mass is 261 g/mol. The van der Waals surface area contributed by atoms with Gasteiger partial charge in [0.25, 0.3) is 0 Å². The zero-order valence-electron chi connectivity index (χ0n) is 12.0. The van der Waals surface area contributed by atoms with Crippen LogP contribution in [0.3, 0.4) is 0 Å². The number of aromatic nitrogens is 1. The maximum Gasteiger partial charge on any atom is 0.416 e. The number of anilines is 1. The Morgan fingerprint density at radius 1 is 1.42 bits per heavy atom. The molecule has 0 spiro atoms. The molecule has 5 heteroatoms. The Balaban J connectivity index is 3.07. The molecule has 0 fully saturated rings. The van der Waals surface area contributed by atoms with Gasteiger partial charge in [-0.15, -0.1) is 0 Å². The zero-order valence-corrected chi connectivity index (χ0v) is 12.0. The van der Waals surface area contributed by atoms with E-state index < -0.39 is 11.7 Å². The summed E-state index contributed by atoms with van der Waals surface area (Å²) in [7, 11) is 0. The third kappa shape index (κ3) is 4.25. The first-order chi connectivity index (χ1) is 8.74. The van der Waals surface area contributed by atoms with Crippen LogP contribution in [0, 0.1) is 11.3 Å². The number of carbonyl (C=O) groups is 1. The summed E-state index contributed by atoms with van der Waals surface area (Å²) in [5.74, 6) is 0.420. The third-order valence-electron chi connectivity index (χ3n) is 2.20. The number of carbonyl (C=O) groups excluding carboxylic acids is 1. The number of rotatable bonds is 2. The average molecular weight is 261 g/mol. The molecule has 0 unspecified atom stereocenters. The Morgan fingerprint density at radius 3 is 2.53 bits per heavy atom. The van der Waals surface area contributed by atoms with Crippen molar-refractivity contribution in [3.05, 3.63) is 23.9 Å². The molecule has 0 bridgehead atoms. The molecule has 0 aliphatic carbocycles. The molecule has 0 aliphatic rings. The van der Waals surface area contributed by atoms with Crippen LogP contribution >= 0.6 is 0 Å². The fraction of sp³-hybridized carbons (Fsp3) is 0.500. The molecule has 0 saturated heterocycles. The van der Waals surface area contributed by atoms with Gasteiger partial charge in [-0.05, 0) is 46.8 Å². The quantitative estimate of drug-likeness (QED) is 0.820. The molecule has 19 heavy (non-hydrogen) atoms. The summed E-state index contributed by atoms with van der Waals surface area (Å²) < 4.78 is 5.35. The van der Waals surface area contributed by atoms with E-state index in [1.165, 1.54) is 4.90 Å². The van der Waals surface area contributed by atoms with Crippen LogP contribution in [-0.4, -0.2) is 22.7 Å². The van der Waals surface area contributed by atoms with Crippen molar-refractivity contribution in [1.82, 2.24) is 4.98 Å². The minimum Gasteiger partial charge on any atom is -0.443 e. The van der Waals surface area contributed by atoms with Crippen molar-refractivity contribution in [2.24, 2.45) is 0 Å². The van der Waals surface area contributed by atoms with E-state index >= 15 is 0 Å². The lowest BCUT2D eigenvalue weighted by Crippen LogP contribution is -2.41. The normalized spacial score (nSPS) is 11.0. The van der Waals surface area contributed by atoms with Crippen LogP contribution < -0.4 is 4.90 Å². The first-order valence-electron chi connectivity index (χ1n) is 6.14. The molecule has 0 saturated carbocycles. The molecule has 1 aromatic rings. The van der Waals surface area contributed by atoms with Crippen LogP contribution in [0.2, 0.25) is 0 Å². The lowest BCUT2D eigenvalue weighted by atomic mass is 10.2. The first-order valence-corrected chi connectivity index (χ1v) is 6.14. The van der Waals surface area contributed by atoms with E-state index in [1.807, 2.05) is 40.7 Å². The van der Waals surface area contributed by atoms with E-state index in [0.717, 1.165) is 0 Å². The third-order valence-corrected chi connectivity index (χ3v) is 2.20. The van der Waals surface area contributed by atoms with Crippen molar-refractivity contribution in [2.75, 3.05) is 4.90 Å². The molecule has 102 valence electrons. The molecular weight excluding hydrogens is 242 g/mol. The molecule has 1 aromatic heterocycles. The van der Waals surface area contributed by atoms with Gasteiger partial charge in [0.1, 0.15) is 23.2 Å². The predicted molar refractivity (Wildman–Crippen MR) is 72.8 cm³/mol. The van der Waals surface area contributed by atoms with Gasteiger partial charge in [0.05, 0.1) is 0 Å². The molecule has 0 aliphatic heterocycles. The Labute approximate surface area is 113 Å². The standard InChI is InChI=1S/C14H19N3O2/c1-10(2)17(13(18)19-14(3,4)5)12-8-6-7-11(9-15)16-12/h6-8,10H,1-5H3. The molecule has 1 rings (SSSR count). The summed E-state index contributed by atoms with van der Waals surface area (Å²) in [5, 5.41) is 8.86. The van der Waals surface area contributed by atoms with Gasteiger partial charge in [0, 0.05) is 6.04 Å². The molecule has 0 radical (unpaired) electrons. The second-order valence-electron chi connectivity index (χ2n) is 5.44. The van der Waals surface area contributed by atoms with Gasteiger partial charge in [-0.2, -0.15) is 5.26 Å². The summed E-state index contributed by atoms with van der Waals surface area (Å²) in [6.07, 6.45) is -0.468. The van der Waals surface area contributed by atoms with E-state index in [1.54, 1.807) is 18.2 Å². The Kier molecular flexibility index (Phi) is 4.49. The lowest BCUT2D eigenvalue weighted by Gasteiger charge is -2.29. The van der Waals surface area contributed by atoms with Crippen molar-refractivity contribution in [1.29, 1.82) is 5.26 Å². The number of pyridine rings is 1. The highest BCUT2D eigenvalue weighted by Crippen LogP contribution is 2.19. The molecular formula is C14H19N3O2. The topological polar surface area (TPSA) is 66.2 Å². The largest absolute Gasteiger partial charge is 0.443 e. The molecule has 5 nitrogen and oxygen atoms in total. The van der Waals surface area contributed by atoms with Crippen LogP contribution in [0.15, 0.2) is 18.2 Å². The van der Waals surface area contributed by atoms with Gasteiger partial charge in [-0.1, -0.05) is 6.07 Å². The van der Waals surface area contributed by atoms with E-state index in [9.17, 15) is 4.79 Å². The van der Waals surface area contributed by atoms with Gasteiger partial charge in [0.2, 0.25) is 0 Å². The fourth-order valence-electron chi connectivity index (χ4n) is 1.50. The highest BCUT2D eigenvalue weighted by molar-refractivity contribution is 5.87. The molecule has 0 aromatic carbocycles. The van der Waals surface area contributed by atoms with Crippen molar-refractivity contribution in [3.63, 3.8) is 0 Å². The number of ether oxygens (including phenoxy) is 1. The van der Waals surface area contributed by atoms with E-state index in [2.05, 4.69) is 4.98 Å². The Hall–Kier alpha value is -2.09. The van der Waals surface area contributed by atoms with Crippen LogP contribution in [0.1, 0.15) is 40.3 Å². The van der Waals surface area contributed by atoms with Gasteiger partial charge < -0.3 is 4.74 Å². The maximum absolute atomic E-state index is 12.2. The number of nitriles is 1. The van der Waals surface area contributed by atoms with Gasteiger partial charge in [-0.3, -0.25) is 4.90 Å². The van der Waals surface area contributed by atoms with Crippen molar-refractivity contribution >= 4 is 11.9 Å².